The summed E-state index contributed by atoms with van der Waals surface area (Å²) in [4.78, 5) is 12.0. The number of nitrogens with zero attached hydrogens (tertiary/aromatic N) is 3. The van der Waals surface area contributed by atoms with Gasteiger partial charge in [-0.1, -0.05) is 59.8 Å². The van der Waals surface area contributed by atoms with E-state index in [1.54, 1.807) is 6.33 Å². The zero-order chi connectivity index (χ0) is 17.5. The van der Waals surface area contributed by atoms with Gasteiger partial charge < -0.3 is 5.32 Å². The first-order valence-corrected chi connectivity index (χ1v) is 9.11. The molecule has 6 heteroatoms. The smallest absolute Gasteiger partial charge is 0.230 e. The summed E-state index contributed by atoms with van der Waals surface area (Å²) >= 11 is 1.38. The molecule has 0 bridgehead atoms. The summed E-state index contributed by atoms with van der Waals surface area (Å²) < 4.78 is 1.89. The number of rotatable bonds is 7. The lowest BCUT2D eigenvalue weighted by Crippen LogP contribution is -2.27. The van der Waals surface area contributed by atoms with E-state index in [4.69, 9.17) is 0 Å². The van der Waals surface area contributed by atoms with Crippen molar-refractivity contribution in [2.75, 3.05) is 12.3 Å². The molecule has 3 rings (SSSR count). The summed E-state index contributed by atoms with van der Waals surface area (Å²) in [7, 11) is 0. The van der Waals surface area contributed by atoms with Crippen molar-refractivity contribution in [1.82, 2.24) is 20.1 Å². The van der Waals surface area contributed by atoms with Gasteiger partial charge in [0.15, 0.2) is 5.16 Å². The molecule has 0 fully saturated rings. The maximum Gasteiger partial charge on any atom is 0.230 e. The van der Waals surface area contributed by atoms with E-state index in [1.165, 1.54) is 22.9 Å². The van der Waals surface area contributed by atoms with Gasteiger partial charge in [0.05, 0.1) is 5.75 Å². The molecule has 0 aliphatic carbocycles. The maximum atomic E-state index is 12.0. The molecule has 25 heavy (non-hydrogen) atoms. The highest BCUT2D eigenvalue weighted by Crippen LogP contribution is 2.19. The number of amides is 1. The van der Waals surface area contributed by atoms with Crippen LogP contribution in [0.15, 0.2) is 66.1 Å². The number of aromatic nitrogens is 3. The van der Waals surface area contributed by atoms with Crippen LogP contribution >= 0.6 is 11.8 Å². The molecule has 1 N–H and O–H groups in total. The van der Waals surface area contributed by atoms with Gasteiger partial charge in [0.25, 0.3) is 0 Å². The van der Waals surface area contributed by atoms with E-state index in [-0.39, 0.29) is 5.91 Å². The molecule has 0 saturated heterocycles. The Kier molecular flexibility index (Phi) is 5.85. The van der Waals surface area contributed by atoms with E-state index in [0.717, 1.165) is 12.1 Å². The highest BCUT2D eigenvalue weighted by Gasteiger charge is 2.10. The first-order valence-electron chi connectivity index (χ1n) is 8.13. The van der Waals surface area contributed by atoms with E-state index in [0.29, 0.717) is 17.5 Å². The number of hydrogen-bond acceptors (Lipinski definition) is 4. The predicted molar refractivity (Wildman–Crippen MR) is 100.0 cm³/mol. The Balaban J connectivity index is 1.49. The molecule has 0 unspecified atom stereocenters. The fraction of sp³-hybridized carbons (Fsp3) is 0.211. The predicted octanol–water partition coefficient (Wildman–Crippen LogP) is 3.03. The standard InChI is InChI=1S/C19H20N4OS/c1-15-7-9-17(10-8-15)23-14-21-22-19(23)25-13-18(24)20-12-11-16-5-3-2-4-6-16/h2-10,14H,11-13H2,1H3,(H,20,24). The molecule has 1 aromatic heterocycles. The van der Waals surface area contributed by atoms with Crippen molar-refractivity contribution in [1.29, 1.82) is 0 Å². The molecule has 1 amide bonds. The van der Waals surface area contributed by atoms with Gasteiger partial charge in [0.1, 0.15) is 6.33 Å². The Morgan fingerprint density at radius 1 is 1.12 bits per heavy atom. The van der Waals surface area contributed by atoms with Gasteiger partial charge in [0.2, 0.25) is 5.91 Å². The highest BCUT2D eigenvalue weighted by molar-refractivity contribution is 7.99. The Hall–Kier alpha value is -2.60. The average molecular weight is 352 g/mol. The highest BCUT2D eigenvalue weighted by atomic mass is 32.2. The minimum atomic E-state index is -0.000567. The molecule has 3 aromatic rings. The van der Waals surface area contributed by atoms with E-state index in [2.05, 4.69) is 27.6 Å². The van der Waals surface area contributed by atoms with Crippen molar-refractivity contribution >= 4 is 17.7 Å². The third kappa shape index (κ3) is 4.93. The van der Waals surface area contributed by atoms with Gasteiger partial charge in [-0.3, -0.25) is 9.36 Å². The Morgan fingerprint density at radius 2 is 1.88 bits per heavy atom. The molecular formula is C19H20N4OS. The Labute approximate surface area is 151 Å². The van der Waals surface area contributed by atoms with Crippen molar-refractivity contribution in [3.05, 3.63) is 72.1 Å². The molecule has 1 heterocycles. The topological polar surface area (TPSA) is 59.8 Å². The zero-order valence-corrected chi connectivity index (χ0v) is 14.9. The van der Waals surface area contributed by atoms with Gasteiger partial charge >= 0.3 is 0 Å². The molecule has 0 saturated carbocycles. The van der Waals surface area contributed by atoms with Crippen molar-refractivity contribution in [3.8, 4) is 5.69 Å². The van der Waals surface area contributed by atoms with Crippen LogP contribution in [0.1, 0.15) is 11.1 Å². The normalized spacial score (nSPS) is 10.6. The minimum Gasteiger partial charge on any atom is -0.355 e. The molecule has 0 aliphatic rings. The second-order valence-electron chi connectivity index (χ2n) is 5.69. The first kappa shape index (κ1) is 17.2. The van der Waals surface area contributed by atoms with Crippen LogP contribution in [0.5, 0.6) is 0 Å². The maximum absolute atomic E-state index is 12.0. The summed E-state index contributed by atoms with van der Waals surface area (Å²) in [5.74, 6) is 0.318. The van der Waals surface area contributed by atoms with Crippen LogP contribution in [0.25, 0.3) is 5.69 Å². The number of hydrogen-bond donors (Lipinski definition) is 1. The van der Waals surface area contributed by atoms with E-state index < -0.39 is 0 Å². The van der Waals surface area contributed by atoms with Crippen LogP contribution in [0.3, 0.4) is 0 Å². The van der Waals surface area contributed by atoms with Crippen LogP contribution in [-0.2, 0) is 11.2 Å². The van der Waals surface area contributed by atoms with Crippen molar-refractivity contribution in [2.24, 2.45) is 0 Å². The first-order chi connectivity index (χ1) is 12.2. The van der Waals surface area contributed by atoms with Gasteiger partial charge in [-0.15, -0.1) is 10.2 Å². The monoisotopic (exact) mass is 352 g/mol. The quantitative estimate of drug-likeness (QED) is 0.664. The molecule has 0 aliphatic heterocycles. The van der Waals surface area contributed by atoms with E-state index >= 15 is 0 Å². The van der Waals surface area contributed by atoms with Crippen molar-refractivity contribution < 1.29 is 4.79 Å². The molecule has 0 radical (unpaired) electrons. The van der Waals surface area contributed by atoms with Crippen LogP contribution in [-0.4, -0.2) is 33.0 Å². The third-order valence-electron chi connectivity index (χ3n) is 3.74. The fourth-order valence-corrected chi connectivity index (χ4v) is 3.14. The van der Waals surface area contributed by atoms with Crippen molar-refractivity contribution in [3.63, 3.8) is 0 Å². The van der Waals surface area contributed by atoms with Gasteiger partial charge in [-0.05, 0) is 31.0 Å². The lowest BCUT2D eigenvalue weighted by Gasteiger charge is -2.07. The lowest BCUT2D eigenvalue weighted by molar-refractivity contribution is -0.118. The summed E-state index contributed by atoms with van der Waals surface area (Å²) in [6.07, 6.45) is 2.50. The molecular weight excluding hydrogens is 332 g/mol. The molecule has 5 nitrogen and oxygen atoms in total. The lowest BCUT2D eigenvalue weighted by atomic mass is 10.1. The molecule has 0 atom stereocenters. The molecule has 0 spiro atoms. The zero-order valence-electron chi connectivity index (χ0n) is 14.1. The summed E-state index contributed by atoms with van der Waals surface area (Å²) in [5, 5.41) is 11.7. The number of carbonyl (C=O) groups is 1. The van der Waals surface area contributed by atoms with Crippen molar-refractivity contribution in [2.45, 2.75) is 18.5 Å². The number of carbonyl (C=O) groups excluding carboxylic acids is 1. The van der Waals surface area contributed by atoms with Crippen LogP contribution < -0.4 is 5.32 Å². The average Bonchev–Trinajstić information content (AvgIpc) is 3.10. The van der Waals surface area contributed by atoms with Crippen LogP contribution in [0.4, 0.5) is 0 Å². The Morgan fingerprint density at radius 3 is 2.64 bits per heavy atom. The van der Waals surface area contributed by atoms with Crippen LogP contribution in [0, 0.1) is 6.92 Å². The van der Waals surface area contributed by atoms with E-state index in [9.17, 15) is 4.79 Å². The fourth-order valence-electron chi connectivity index (χ4n) is 2.38. The van der Waals surface area contributed by atoms with Crippen LogP contribution in [0.2, 0.25) is 0 Å². The SMILES string of the molecule is Cc1ccc(-n2cnnc2SCC(=O)NCCc2ccccc2)cc1. The largest absolute Gasteiger partial charge is 0.355 e. The third-order valence-corrected chi connectivity index (χ3v) is 4.68. The van der Waals surface area contributed by atoms with Gasteiger partial charge in [-0.25, -0.2) is 0 Å². The second kappa shape index (κ2) is 8.48. The number of thioether (sulfide) groups is 1. The number of aryl methyl sites for hydroxylation is 1. The molecule has 2 aromatic carbocycles. The van der Waals surface area contributed by atoms with E-state index in [1.807, 2.05) is 54.0 Å². The Bertz CT molecular complexity index is 815. The minimum absolute atomic E-state index is 0.000567. The van der Waals surface area contributed by atoms with Gasteiger partial charge in [-0.2, -0.15) is 0 Å². The number of benzene rings is 2. The summed E-state index contributed by atoms with van der Waals surface area (Å²) in [6, 6.07) is 18.2. The molecule has 128 valence electrons. The number of nitrogens with one attached hydrogen (secondary N) is 1. The van der Waals surface area contributed by atoms with Gasteiger partial charge in [0, 0.05) is 12.2 Å². The summed E-state index contributed by atoms with van der Waals surface area (Å²) in [5.41, 5.74) is 3.40. The second-order valence-corrected chi connectivity index (χ2v) is 6.64. The summed E-state index contributed by atoms with van der Waals surface area (Å²) in [6.45, 7) is 2.68.